The SMILES string of the molecule is CCn1cnc2c(-c3ccc(F)c(-c4cc5o[c]c(C)c5cc4OC)c3)cnnc21. The molecule has 149 valence electrons. The van der Waals surface area contributed by atoms with Crippen molar-refractivity contribution in [3.8, 4) is 28.0 Å². The van der Waals surface area contributed by atoms with E-state index >= 15 is 0 Å². The minimum atomic E-state index is -0.360. The van der Waals surface area contributed by atoms with E-state index in [0.29, 0.717) is 28.1 Å². The first kappa shape index (κ1) is 18.3. The normalized spacial score (nSPS) is 11.5. The Morgan fingerprint density at radius 1 is 1.17 bits per heavy atom. The third-order valence-electron chi connectivity index (χ3n) is 5.33. The number of rotatable bonds is 4. The van der Waals surface area contributed by atoms with Gasteiger partial charge in [0.25, 0.3) is 0 Å². The predicted molar refractivity (Wildman–Crippen MR) is 112 cm³/mol. The minimum absolute atomic E-state index is 0.360. The maximum absolute atomic E-state index is 14.9. The second-order valence-electron chi connectivity index (χ2n) is 7.03. The fourth-order valence-electron chi connectivity index (χ4n) is 3.72. The Morgan fingerprint density at radius 3 is 2.83 bits per heavy atom. The van der Waals surface area contributed by atoms with Crippen LogP contribution in [0.5, 0.6) is 5.75 Å². The molecule has 0 aliphatic heterocycles. The molecule has 0 saturated heterocycles. The number of imidazole rings is 1. The van der Waals surface area contributed by atoms with E-state index in [0.717, 1.165) is 34.1 Å². The molecule has 0 bridgehead atoms. The van der Waals surface area contributed by atoms with E-state index in [4.69, 9.17) is 9.15 Å². The van der Waals surface area contributed by atoms with Gasteiger partial charge < -0.3 is 13.7 Å². The molecule has 0 fully saturated rings. The van der Waals surface area contributed by atoms with Gasteiger partial charge in [-0.25, -0.2) is 9.37 Å². The van der Waals surface area contributed by atoms with Crippen molar-refractivity contribution >= 4 is 22.1 Å². The van der Waals surface area contributed by atoms with Gasteiger partial charge in [-0.15, -0.1) is 5.10 Å². The molecule has 0 aliphatic rings. The molecule has 2 aromatic carbocycles. The lowest BCUT2D eigenvalue weighted by atomic mass is 9.97. The fraction of sp³-hybridized carbons (Fsp3) is 0.174. The number of ether oxygens (including phenoxy) is 1. The van der Waals surface area contributed by atoms with E-state index in [9.17, 15) is 4.39 Å². The Morgan fingerprint density at radius 2 is 2.03 bits per heavy atom. The van der Waals surface area contributed by atoms with Crippen LogP contribution in [-0.2, 0) is 6.54 Å². The monoisotopic (exact) mass is 401 g/mol. The molecule has 0 atom stereocenters. The summed E-state index contributed by atoms with van der Waals surface area (Å²) in [4.78, 5) is 4.49. The molecule has 0 saturated carbocycles. The number of halogens is 1. The Bertz CT molecular complexity index is 1400. The van der Waals surface area contributed by atoms with Crippen LogP contribution in [-0.4, -0.2) is 26.9 Å². The molecular weight excluding hydrogens is 383 g/mol. The van der Waals surface area contributed by atoms with Crippen LogP contribution in [0.15, 0.2) is 47.3 Å². The second-order valence-corrected chi connectivity index (χ2v) is 7.03. The van der Waals surface area contributed by atoms with Gasteiger partial charge >= 0.3 is 0 Å². The molecule has 3 aromatic heterocycles. The third-order valence-corrected chi connectivity index (χ3v) is 5.33. The van der Waals surface area contributed by atoms with Gasteiger partial charge in [-0.2, -0.15) is 5.10 Å². The van der Waals surface area contributed by atoms with Gasteiger partial charge in [0.05, 0.1) is 19.6 Å². The summed E-state index contributed by atoms with van der Waals surface area (Å²) < 4.78 is 27.9. The number of nitrogens with zero attached hydrogens (tertiary/aromatic N) is 4. The van der Waals surface area contributed by atoms with E-state index in [2.05, 4.69) is 21.4 Å². The number of furan rings is 1. The molecule has 7 heteroatoms. The van der Waals surface area contributed by atoms with Crippen LogP contribution in [0.25, 0.3) is 44.4 Å². The summed E-state index contributed by atoms with van der Waals surface area (Å²) in [7, 11) is 1.57. The second kappa shape index (κ2) is 6.95. The van der Waals surface area contributed by atoms with Gasteiger partial charge in [0.2, 0.25) is 0 Å². The number of aryl methyl sites for hydroxylation is 2. The van der Waals surface area contributed by atoms with Crippen molar-refractivity contribution in [2.45, 2.75) is 20.4 Å². The van der Waals surface area contributed by atoms with Crippen molar-refractivity contribution in [1.82, 2.24) is 19.7 Å². The number of fused-ring (bicyclic) bond motifs is 2. The fourth-order valence-corrected chi connectivity index (χ4v) is 3.72. The van der Waals surface area contributed by atoms with Gasteiger partial charge in [-0.1, -0.05) is 6.07 Å². The van der Waals surface area contributed by atoms with E-state index in [1.807, 2.05) is 24.5 Å². The Labute approximate surface area is 171 Å². The molecule has 0 aliphatic carbocycles. The largest absolute Gasteiger partial charge is 0.496 e. The van der Waals surface area contributed by atoms with Crippen molar-refractivity contribution in [3.05, 3.63) is 60.5 Å². The van der Waals surface area contributed by atoms with Crippen LogP contribution >= 0.6 is 0 Å². The number of benzene rings is 2. The van der Waals surface area contributed by atoms with Crippen LogP contribution in [0.4, 0.5) is 4.39 Å². The van der Waals surface area contributed by atoms with Gasteiger partial charge in [-0.05, 0) is 43.7 Å². The standard InChI is InChI=1S/C23H18FN4O2/c1-4-28-12-25-22-18(10-26-27-23(22)28)14-5-6-19(24)16(7-14)17-9-21-15(8-20(17)29-3)13(2)11-30-21/h5-10,12H,4H2,1-3H3. The predicted octanol–water partition coefficient (Wildman–Crippen LogP) is 5.18. The molecule has 0 N–H and O–H groups in total. The highest BCUT2D eigenvalue weighted by molar-refractivity contribution is 5.93. The van der Waals surface area contributed by atoms with Crippen LogP contribution in [0.2, 0.25) is 0 Å². The third kappa shape index (κ3) is 2.74. The van der Waals surface area contributed by atoms with Crippen molar-refractivity contribution in [2.75, 3.05) is 7.11 Å². The number of aromatic nitrogens is 4. The van der Waals surface area contributed by atoms with Gasteiger partial charge in [0, 0.05) is 34.2 Å². The van der Waals surface area contributed by atoms with Gasteiger partial charge in [0.1, 0.15) is 22.7 Å². The molecule has 30 heavy (non-hydrogen) atoms. The van der Waals surface area contributed by atoms with E-state index in [1.165, 1.54) is 6.07 Å². The van der Waals surface area contributed by atoms with E-state index < -0.39 is 0 Å². The molecule has 5 aromatic rings. The maximum Gasteiger partial charge on any atom is 0.183 e. The summed E-state index contributed by atoms with van der Waals surface area (Å²) >= 11 is 0. The lowest BCUT2D eigenvalue weighted by molar-refractivity contribution is 0.416. The molecule has 6 nitrogen and oxygen atoms in total. The summed E-state index contributed by atoms with van der Waals surface area (Å²) in [5.41, 5.74) is 5.51. The highest BCUT2D eigenvalue weighted by atomic mass is 19.1. The smallest absolute Gasteiger partial charge is 0.183 e. The zero-order valence-electron chi connectivity index (χ0n) is 16.7. The highest BCUT2D eigenvalue weighted by Gasteiger charge is 2.18. The molecule has 0 unspecified atom stereocenters. The Balaban J connectivity index is 1.72. The Kier molecular flexibility index (Phi) is 4.24. The molecule has 0 amide bonds. The average molecular weight is 401 g/mol. The molecular formula is C23H18FN4O2. The zero-order valence-corrected chi connectivity index (χ0v) is 16.7. The summed E-state index contributed by atoms with van der Waals surface area (Å²) in [5.74, 6) is 0.200. The van der Waals surface area contributed by atoms with E-state index in [1.54, 1.807) is 37.8 Å². The first-order valence-electron chi connectivity index (χ1n) is 9.56. The maximum atomic E-state index is 14.9. The topological polar surface area (TPSA) is 66.0 Å². The van der Waals surface area contributed by atoms with Crippen LogP contribution in [0, 0.1) is 19.0 Å². The van der Waals surface area contributed by atoms with Gasteiger partial charge in [-0.3, -0.25) is 0 Å². The van der Waals surface area contributed by atoms with Crippen LogP contribution < -0.4 is 4.74 Å². The molecule has 1 radical (unpaired) electrons. The van der Waals surface area contributed by atoms with Gasteiger partial charge in [0.15, 0.2) is 11.9 Å². The lowest BCUT2D eigenvalue weighted by Gasteiger charge is -2.12. The van der Waals surface area contributed by atoms with Crippen molar-refractivity contribution in [1.29, 1.82) is 0 Å². The Hall–Kier alpha value is -3.74. The van der Waals surface area contributed by atoms with Crippen LogP contribution in [0.3, 0.4) is 0 Å². The van der Waals surface area contributed by atoms with Crippen LogP contribution in [0.1, 0.15) is 12.5 Å². The lowest BCUT2D eigenvalue weighted by Crippen LogP contribution is -1.96. The average Bonchev–Trinajstić information content (AvgIpc) is 3.36. The number of hydrogen-bond donors (Lipinski definition) is 0. The molecule has 5 rings (SSSR count). The first-order chi connectivity index (χ1) is 14.6. The number of methoxy groups -OCH3 is 1. The minimum Gasteiger partial charge on any atom is -0.496 e. The van der Waals surface area contributed by atoms with Crippen molar-refractivity contribution < 1.29 is 13.5 Å². The summed E-state index contributed by atoms with van der Waals surface area (Å²) in [5, 5.41) is 9.21. The number of hydrogen-bond acceptors (Lipinski definition) is 5. The first-order valence-corrected chi connectivity index (χ1v) is 9.56. The molecule has 0 spiro atoms. The summed E-state index contributed by atoms with van der Waals surface area (Å²) in [6.45, 7) is 4.66. The summed E-state index contributed by atoms with van der Waals surface area (Å²) in [6, 6.07) is 8.57. The highest BCUT2D eigenvalue weighted by Crippen LogP contribution is 2.39. The van der Waals surface area contributed by atoms with Crippen molar-refractivity contribution in [3.63, 3.8) is 0 Å². The quantitative estimate of drug-likeness (QED) is 0.415. The van der Waals surface area contributed by atoms with Crippen molar-refractivity contribution in [2.24, 2.45) is 0 Å². The zero-order chi connectivity index (χ0) is 20.8. The van der Waals surface area contributed by atoms with E-state index in [-0.39, 0.29) is 5.82 Å². The summed E-state index contributed by atoms with van der Waals surface area (Å²) in [6.07, 6.45) is 6.22. The molecule has 3 heterocycles.